The second-order valence-electron chi connectivity index (χ2n) is 3.61. The average Bonchev–Trinajstić information content (AvgIpc) is 2.75. The molecule has 12 heavy (non-hydrogen) atoms. The molecule has 0 radical (unpaired) electrons. The lowest BCUT2D eigenvalue weighted by molar-refractivity contribution is 0.468. The fourth-order valence-corrected chi connectivity index (χ4v) is 1.57. The van der Waals surface area contributed by atoms with Gasteiger partial charge in [-0.1, -0.05) is 12.1 Å². The summed E-state index contributed by atoms with van der Waals surface area (Å²) in [7, 11) is 0. The summed E-state index contributed by atoms with van der Waals surface area (Å²) in [6.07, 6.45) is 2.08. The van der Waals surface area contributed by atoms with Crippen LogP contribution in [0.2, 0.25) is 0 Å². The van der Waals surface area contributed by atoms with Crippen molar-refractivity contribution in [3.63, 3.8) is 0 Å². The fraction of sp³-hybridized carbons (Fsp3) is 0.400. The highest BCUT2D eigenvalue weighted by molar-refractivity contribution is 5.44. The Kier molecular flexibility index (Phi) is 1.42. The van der Waals surface area contributed by atoms with E-state index in [1.165, 1.54) is 0 Å². The molecule has 0 aliphatic heterocycles. The van der Waals surface area contributed by atoms with Crippen molar-refractivity contribution in [2.75, 3.05) is 0 Å². The van der Waals surface area contributed by atoms with Crippen molar-refractivity contribution in [1.82, 2.24) is 0 Å². The zero-order valence-corrected chi connectivity index (χ0v) is 7.17. The molecule has 0 atom stereocenters. The minimum atomic E-state index is -0.136. The molecular formula is C10H13NO. The molecule has 64 valence electrons. The van der Waals surface area contributed by atoms with Gasteiger partial charge in [0.1, 0.15) is 5.75 Å². The Morgan fingerprint density at radius 1 is 1.42 bits per heavy atom. The van der Waals surface area contributed by atoms with Gasteiger partial charge in [0.2, 0.25) is 0 Å². The summed E-state index contributed by atoms with van der Waals surface area (Å²) >= 11 is 0. The Morgan fingerprint density at radius 3 is 2.67 bits per heavy atom. The number of hydrogen-bond donors (Lipinski definition) is 2. The van der Waals surface area contributed by atoms with Gasteiger partial charge in [-0.2, -0.15) is 0 Å². The van der Waals surface area contributed by atoms with Crippen LogP contribution in [0, 0.1) is 6.92 Å². The third-order valence-corrected chi connectivity index (χ3v) is 2.63. The highest BCUT2D eigenvalue weighted by atomic mass is 16.3. The van der Waals surface area contributed by atoms with E-state index in [1.54, 1.807) is 6.07 Å². The fourth-order valence-electron chi connectivity index (χ4n) is 1.57. The van der Waals surface area contributed by atoms with Gasteiger partial charge >= 0.3 is 0 Å². The van der Waals surface area contributed by atoms with E-state index in [1.807, 2.05) is 19.1 Å². The number of aromatic hydroxyl groups is 1. The van der Waals surface area contributed by atoms with Crippen molar-refractivity contribution >= 4 is 0 Å². The average molecular weight is 163 g/mol. The minimum absolute atomic E-state index is 0.136. The molecule has 1 aromatic rings. The SMILES string of the molecule is Cc1c(O)cccc1C1(N)CC1. The number of hydrogen-bond acceptors (Lipinski definition) is 2. The molecular weight excluding hydrogens is 150 g/mol. The predicted octanol–water partition coefficient (Wildman–Crippen LogP) is 1.65. The zero-order chi connectivity index (χ0) is 8.77. The summed E-state index contributed by atoms with van der Waals surface area (Å²) in [6, 6.07) is 5.55. The van der Waals surface area contributed by atoms with Gasteiger partial charge in [0, 0.05) is 5.54 Å². The quantitative estimate of drug-likeness (QED) is 0.661. The lowest BCUT2D eigenvalue weighted by atomic mass is 9.99. The summed E-state index contributed by atoms with van der Waals surface area (Å²) in [5, 5.41) is 9.44. The summed E-state index contributed by atoms with van der Waals surface area (Å²) in [4.78, 5) is 0. The van der Waals surface area contributed by atoms with Crippen LogP contribution in [-0.4, -0.2) is 5.11 Å². The Hall–Kier alpha value is -1.02. The first-order chi connectivity index (χ1) is 5.63. The molecule has 1 aliphatic carbocycles. The first-order valence-corrected chi connectivity index (χ1v) is 4.21. The Balaban J connectivity index is 2.51. The van der Waals surface area contributed by atoms with Crippen LogP contribution in [-0.2, 0) is 5.54 Å². The standard InChI is InChI=1S/C10H13NO/c1-7-8(10(11)5-6-10)3-2-4-9(7)12/h2-4,12H,5-6,11H2,1H3. The molecule has 0 bridgehead atoms. The molecule has 1 aromatic carbocycles. The van der Waals surface area contributed by atoms with Crippen LogP contribution < -0.4 is 5.73 Å². The van der Waals surface area contributed by atoms with Crippen molar-refractivity contribution in [3.05, 3.63) is 29.3 Å². The number of nitrogens with two attached hydrogens (primary N) is 1. The molecule has 0 aromatic heterocycles. The van der Waals surface area contributed by atoms with Gasteiger partial charge in [-0.15, -0.1) is 0 Å². The van der Waals surface area contributed by atoms with Gasteiger partial charge < -0.3 is 10.8 Å². The number of phenolic OH excluding ortho intramolecular Hbond substituents is 1. The van der Waals surface area contributed by atoms with E-state index >= 15 is 0 Å². The van der Waals surface area contributed by atoms with Crippen molar-refractivity contribution < 1.29 is 5.11 Å². The predicted molar refractivity (Wildman–Crippen MR) is 47.9 cm³/mol. The summed E-state index contributed by atoms with van der Waals surface area (Å²) in [5.74, 6) is 0.351. The Bertz CT molecular complexity index is 316. The Morgan fingerprint density at radius 2 is 2.08 bits per heavy atom. The van der Waals surface area contributed by atoms with Crippen LogP contribution >= 0.6 is 0 Å². The molecule has 0 heterocycles. The second kappa shape index (κ2) is 2.23. The van der Waals surface area contributed by atoms with Crippen molar-refractivity contribution in [3.8, 4) is 5.75 Å². The first kappa shape index (κ1) is 7.62. The maximum absolute atomic E-state index is 9.44. The third-order valence-electron chi connectivity index (χ3n) is 2.63. The van der Waals surface area contributed by atoms with Crippen molar-refractivity contribution in [2.24, 2.45) is 5.73 Å². The molecule has 1 fully saturated rings. The molecule has 2 heteroatoms. The van der Waals surface area contributed by atoms with Crippen molar-refractivity contribution in [1.29, 1.82) is 0 Å². The van der Waals surface area contributed by atoms with E-state index in [4.69, 9.17) is 5.73 Å². The van der Waals surface area contributed by atoms with E-state index in [0.29, 0.717) is 5.75 Å². The topological polar surface area (TPSA) is 46.2 Å². The molecule has 0 spiro atoms. The number of rotatable bonds is 1. The van der Waals surface area contributed by atoms with Gasteiger partial charge in [-0.3, -0.25) is 0 Å². The highest BCUT2D eigenvalue weighted by Gasteiger charge is 2.41. The van der Waals surface area contributed by atoms with Crippen LogP contribution in [0.3, 0.4) is 0 Å². The van der Waals surface area contributed by atoms with Crippen LogP contribution in [0.5, 0.6) is 5.75 Å². The normalized spacial score (nSPS) is 19.2. The van der Waals surface area contributed by atoms with Gasteiger partial charge in [0.25, 0.3) is 0 Å². The van der Waals surface area contributed by atoms with Gasteiger partial charge in [-0.25, -0.2) is 0 Å². The first-order valence-electron chi connectivity index (χ1n) is 4.21. The van der Waals surface area contributed by atoms with E-state index < -0.39 is 0 Å². The van der Waals surface area contributed by atoms with E-state index in [2.05, 4.69) is 0 Å². The van der Waals surface area contributed by atoms with Crippen molar-refractivity contribution in [2.45, 2.75) is 25.3 Å². The molecule has 1 saturated carbocycles. The van der Waals surface area contributed by atoms with Crippen LogP contribution in [0.15, 0.2) is 18.2 Å². The highest BCUT2D eigenvalue weighted by Crippen LogP contribution is 2.45. The number of phenols is 1. The molecule has 0 amide bonds. The lowest BCUT2D eigenvalue weighted by Gasteiger charge is -2.13. The summed E-state index contributed by atoms with van der Waals surface area (Å²) in [6.45, 7) is 1.91. The van der Waals surface area contributed by atoms with Gasteiger partial charge in [-0.05, 0) is 37.0 Å². The van der Waals surface area contributed by atoms with Gasteiger partial charge in [0.15, 0.2) is 0 Å². The lowest BCUT2D eigenvalue weighted by Crippen LogP contribution is -2.19. The molecule has 0 saturated heterocycles. The monoisotopic (exact) mass is 163 g/mol. The van der Waals surface area contributed by atoms with E-state index in [-0.39, 0.29) is 5.54 Å². The van der Waals surface area contributed by atoms with Gasteiger partial charge in [0.05, 0.1) is 0 Å². The maximum atomic E-state index is 9.44. The minimum Gasteiger partial charge on any atom is -0.508 e. The Labute approximate surface area is 72.0 Å². The molecule has 1 aliphatic rings. The second-order valence-corrected chi connectivity index (χ2v) is 3.61. The molecule has 0 unspecified atom stereocenters. The van der Waals surface area contributed by atoms with Crippen LogP contribution in [0.4, 0.5) is 0 Å². The van der Waals surface area contributed by atoms with Crippen LogP contribution in [0.25, 0.3) is 0 Å². The summed E-state index contributed by atoms with van der Waals surface area (Å²) in [5.41, 5.74) is 7.92. The molecule has 3 N–H and O–H groups in total. The zero-order valence-electron chi connectivity index (χ0n) is 7.17. The van der Waals surface area contributed by atoms with E-state index in [9.17, 15) is 5.11 Å². The van der Waals surface area contributed by atoms with Crippen LogP contribution in [0.1, 0.15) is 24.0 Å². The smallest absolute Gasteiger partial charge is 0.118 e. The molecule has 2 nitrogen and oxygen atoms in total. The maximum Gasteiger partial charge on any atom is 0.118 e. The van der Waals surface area contributed by atoms with E-state index in [0.717, 1.165) is 24.0 Å². The molecule has 2 rings (SSSR count). The third kappa shape index (κ3) is 0.994. The largest absolute Gasteiger partial charge is 0.508 e. The number of benzene rings is 1. The summed E-state index contributed by atoms with van der Waals surface area (Å²) < 4.78 is 0.